The number of carbonyl (C=O) groups is 1. The van der Waals surface area contributed by atoms with E-state index in [9.17, 15) is 4.79 Å². The van der Waals surface area contributed by atoms with Crippen molar-refractivity contribution in [3.63, 3.8) is 0 Å². The lowest BCUT2D eigenvalue weighted by atomic mass is 9.93. The van der Waals surface area contributed by atoms with E-state index in [2.05, 4.69) is 0 Å². The monoisotopic (exact) mass is 205 g/mol. The molecule has 0 saturated heterocycles. The zero-order chi connectivity index (χ0) is 11.1. The fourth-order valence-corrected chi connectivity index (χ4v) is 1.94. The van der Waals surface area contributed by atoms with Crippen LogP contribution in [0.4, 0.5) is 0 Å². The van der Waals surface area contributed by atoms with Gasteiger partial charge in [0.1, 0.15) is 0 Å². The van der Waals surface area contributed by atoms with Crippen molar-refractivity contribution in [3.8, 4) is 0 Å². The summed E-state index contributed by atoms with van der Waals surface area (Å²) in [5, 5.41) is 9.02. The number of rotatable bonds is 3. The SMILES string of the molecule is Cc1ccc(C2(CN)CC2)cc1C(=O)O. The Hall–Kier alpha value is -1.35. The molecule has 0 heterocycles. The first-order valence-electron chi connectivity index (χ1n) is 5.13. The van der Waals surface area contributed by atoms with Crippen LogP contribution in [0, 0.1) is 6.92 Å². The summed E-state index contributed by atoms with van der Waals surface area (Å²) in [5.74, 6) is -0.859. The van der Waals surface area contributed by atoms with Crippen LogP contribution in [0.1, 0.15) is 34.3 Å². The first-order chi connectivity index (χ1) is 7.09. The van der Waals surface area contributed by atoms with Gasteiger partial charge in [0.15, 0.2) is 0 Å². The minimum atomic E-state index is -0.859. The maximum Gasteiger partial charge on any atom is 0.335 e. The minimum absolute atomic E-state index is 0.0674. The summed E-state index contributed by atoms with van der Waals surface area (Å²) in [6, 6.07) is 5.65. The second-order valence-corrected chi connectivity index (χ2v) is 4.32. The predicted molar refractivity (Wildman–Crippen MR) is 58.1 cm³/mol. The lowest BCUT2D eigenvalue weighted by Crippen LogP contribution is -2.20. The summed E-state index contributed by atoms with van der Waals surface area (Å²) in [6.07, 6.45) is 2.15. The van der Waals surface area contributed by atoms with E-state index in [1.54, 1.807) is 6.07 Å². The fourth-order valence-electron chi connectivity index (χ4n) is 1.94. The van der Waals surface area contributed by atoms with Gasteiger partial charge in [-0.1, -0.05) is 12.1 Å². The van der Waals surface area contributed by atoms with Crippen molar-refractivity contribution in [2.75, 3.05) is 6.54 Å². The zero-order valence-electron chi connectivity index (χ0n) is 8.79. The van der Waals surface area contributed by atoms with Gasteiger partial charge in [-0.25, -0.2) is 4.79 Å². The Morgan fingerprint density at radius 1 is 1.53 bits per heavy atom. The second kappa shape index (κ2) is 3.35. The summed E-state index contributed by atoms with van der Waals surface area (Å²) in [7, 11) is 0. The summed E-state index contributed by atoms with van der Waals surface area (Å²) in [6.45, 7) is 2.42. The van der Waals surface area contributed by atoms with E-state index in [0.717, 1.165) is 24.0 Å². The molecule has 3 heteroatoms. The quantitative estimate of drug-likeness (QED) is 0.789. The molecule has 0 unspecified atom stereocenters. The Morgan fingerprint density at radius 2 is 2.20 bits per heavy atom. The van der Waals surface area contributed by atoms with Crippen LogP contribution in [0.2, 0.25) is 0 Å². The Kier molecular flexibility index (Phi) is 2.27. The van der Waals surface area contributed by atoms with Crippen molar-refractivity contribution in [3.05, 3.63) is 34.9 Å². The van der Waals surface area contributed by atoms with E-state index in [4.69, 9.17) is 10.8 Å². The molecule has 15 heavy (non-hydrogen) atoms. The summed E-state index contributed by atoms with van der Waals surface area (Å²) in [5.41, 5.74) is 8.06. The molecule has 0 radical (unpaired) electrons. The summed E-state index contributed by atoms with van der Waals surface area (Å²) < 4.78 is 0. The number of carboxylic acid groups (broad SMARTS) is 1. The van der Waals surface area contributed by atoms with Gasteiger partial charge in [-0.2, -0.15) is 0 Å². The minimum Gasteiger partial charge on any atom is -0.478 e. The molecule has 1 saturated carbocycles. The molecule has 2 rings (SSSR count). The van der Waals surface area contributed by atoms with Crippen molar-refractivity contribution in [1.82, 2.24) is 0 Å². The van der Waals surface area contributed by atoms with Crippen molar-refractivity contribution in [1.29, 1.82) is 0 Å². The fraction of sp³-hybridized carbons (Fsp3) is 0.417. The van der Waals surface area contributed by atoms with E-state index in [1.807, 2.05) is 19.1 Å². The van der Waals surface area contributed by atoms with Crippen LogP contribution in [0.3, 0.4) is 0 Å². The lowest BCUT2D eigenvalue weighted by molar-refractivity contribution is 0.0696. The molecule has 3 nitrogen and oxygen atoms in total. The Balaban J connectivity index is 2.43. The number of aryl methyl sites for hydroxylation is 1. The highest BCUT2D eigenvalue weighted by molar-refractivity contribution is 5.89. The predicted octanol–water partition coefficient (Wildman–Crippen LogP) is 1.68. The van der Waals surface area contributed by atoms with E-state index in [-0.39, 0.29) is 5.41 Å². The zero-order valence-corrected chi connectivity index (χ0v) is 8.79. The molecule has 0 spiro atoms. The van der Waals surface area contributed by atoms with Crippen LogP contribution in [0.5, 0.6) is 0 Å². The summed E-state index contributed by atoms with van der Waals surface area (Å²) in [4.78, 5) is 11.0. The largest absolute Gasteiger partial charge is 0.478 e. The molecule has 0 aromatic heterocycles. The second-order valence-electron chi connectivity index (χ2n) is 4.32. The van der Waals surface area contributed by atoms with Crippen LogP contribution < -0.4 is 5.73 Å². The highest BCUT2D eigenvalue weighted by atomic mass is 16.4. The molecule has 80 valence electrons. The van der Waals surface area contributed by atoms with Gasteiger partial charge in [0.05, 0.1) is 5.56 Å². The third-order valence-electron chi connectivity index (χ3n) is 3.32. The van der Waals surface area contributed by atoms with Gasteiger partial charge < -0.3 is 10.8 Å². The van der Waals surface area contributed by atoms with Gasteiger partial charge in [0.25, 0.3) is 0 Å². The van der Waals surface area contributed by atoms with Gasteiger partial charge in [0.2, 0.25) is 0 Å². The third kappa shape index (κ3) is 1.63. The average Bonchev–Trinajstić information content (AvgIpc) is 2.99. The molecule has 0 bridgehead atoms. The van der Waals surface area contributed by atoms with Gasteiger partial charge in [-0.15, -0.1) is 0 Å². The normalized spacial score (nSPS) is 17.5. The number of aromatic carboxylic acids is 1. The van der Waals surface area contributed by atoms with Crippen LogP contribution >= 0.6 is 0 Å². The molecular formula is C12H15NO2. The van der Waals surface area contributed by atoms with Crippen LogP contribution in [0.15, 0.2) is 18.2 Å². The smallest absolute Gasteiger partial charge is 0.335 e. The topological polar surface area (TPSA) is 63.3 Å². The van der Waals surface area contributed by atoms with E-state index in [0.29, 0.717) is 12.1 Å². The molecule has 0 amide bonds. The Labute approximate surface area is 88.9 Å². The van der Waals surface area contributed by atoms with Gasteiger partial charge >= 0.3 is 5.97 Å². The highest BCUT2D eigenvalue weighted by Crippen LogP contribution is 2.47. The number of nitrogens with two attached hydrogens (primary N) is 1. The van der Waals surface area contributed by atoms with E-state index in [1.165, 1.54) is 0 Å². The molecule has 1 aromatic rings. The molecule has 1 aromatic carbocycles. The molecular weight excluding hydrogens is 190 g/mol. The van der Waals surface area contributed by atoms with Gasteiger partial charge in [-0.05, 0) is 37.0 Å². The number of hydrogen-bond acceptors (Lipinski definition) is 2. The van der Waals surface area contributed by atoms with Crippen LogP contribution in [-0.4, -0.2) is 17.6 Å². The van der Waals surface area contributed by atoms with E-state index < -0.39 is 5.97 Å². The van der Waals surface area contributed by atoms with Gasteiger partial charge in [-0.3, -0.25) is 0 Å². The van der Waals surface area contributed by atoms with Crippen molar-refractivity contribution in [2.24, 2.45) is 5.73 Å². The lowest BCUT2D eigenvalue weighted by Gasteiger charge is -2.14. The van der Waals surface area contributed by atoms with Crippen molar-refractivity contribution in [2.45, 2.75) is 25.2 Å². The van der Waals surface area contributed by atoms with E-state index >= 15 is 0 Å². The van der Waals surface area contributed by atoms with Gasteiger partial charge in [0, 0.05) is 12.0 Å². The number of hydrogen-bond donors (Lipinski definition) is 2. The Bertz CT molecular complexity index is 408. The standard InChI is InChI=1S/C12H15NO2/c1-8-2-3-9(6-10(8)11(14)15)12(7-13)4-5-12/h2-3,6H,4-5,7,13H2,1H3,(H,14,15). The molecule has 1 aliphatic rings. The molecule has 0 aliphatic heterocycles. The summed E-state index contributed by atoms with van der Waals surface area (Å²) >= 11 is 0. The highest BCUT2D eigenvalue weighted by Gasteiger charge is 2.43. The molecule has 3 N–H and O–H groups in total. The number of benzene rings is 1. The first-order valence-corrected chi connectivity index (χ1v) is 5.13. The van der Waals surface area contributed by atoms with Crippen LogP contribution in [0.25, 0.3) is 0 Å². The van der Waals surface area contributed by atoms with Crippen LogP contribution in [-0.2, 0) is 5.41 Å². The average molecular weight is 205 g/mol. The maximum atomic E-state index is 11.0. The van der Waals surface area contributed by atoms with Crippen molar-refractivity contribution >= 4 is 5.97 Å². The first kappa shape index (κ1) is 10.2. The third-order valence-corrected chi connectivity index (χ3v) is 3.32. The van der Waals surface area contributed by atoms with Crippen molar-refractivity contribution < 1.29 is 9.90 Å². The molecule has 1 fully saturated rings. The maximum absolute atomic E-state index is 11.0. The Morgan fingerprint density at radius 3 is 2.67 bits per heavy atom. The molecule has 1 aliphatic carbocycles. The number of carboxylic acids is 1. The molecule has 0 atom stereocenters.